The quantitative estimate of drug-likeness (QED) is 0.572. The van der Waals surface area contributed by atoms with Crippen LogP contribution in [0.4, 0.5) is 0 Å². The van der Waals surface area contributed by atoms with E-state index in [4.69, 9.17) is 32.7 Å². The van der Waals surface area contributed by atoms with Gasteiger partial charge in [0, 0.05) is 40.7 Å². The molecule has 0 aliphatic carbocycles. The zero-order chi connectivity index (χ0) is 19.4. The predicted molar refractivity (Wildman–Crippen MR) is 108 cm³/mol. The number of carbonyl (C=O) groups is 1. The number of hydrogen-bond acceptors (Lipinski definition) is 4. The third-order valence-electron chi connectivity index (χ3n) is 4.41. The van der Waals surface area contributed by atoms with Crippen molar-refractivity contribution in [2.75, 3.05) is 14.2 Å². The van der Waals surface area contributed by atoms with Crippen LogP contribution in [-0.2, 0) is 22.5 Å². The monoisotopic (exact) mass is 406 g/mol. The third kappa shape index (κ3) is 4.38. The standard InChI is InChI=1S/C20H20Cl2N2O3/c1-26-19-13(7-14(21)9-16(19)22)11-24-18(20(25)27-2)8-12-10-23-17-6-4-3-5-15(12)17/h3-7,9-10,18,23-24H,8,11H2,1-2H3/t18-/m1/s1. The van der Waals surface area contributed by atoms with Crippen LogP contribution in [0.15, 0.2) is 42.6 Å². The molecule has 1 aromatic heterocycles. The fourth-order valence-corrected chi connectivity index (χ4v) is 3.72. The van der Waals surface area contributed by atoms with Crippen LogP contribution in [-0.4, -0.2) is 31.2 Å². The van der Waals surface area contributed by atoms with Gasteiger partial charge in [0.25, 0.3) is 0 Å². The number of fused-ring (bicyclic) bond motifs is 1. The summed E-state index contributed by atoms with van der Waals surface area (Å²) < 4.78 is 10.3. The molecule has 27 heavy (non-hydrogen) atoms. The van der Waals surface area contributed by atoms with Gasteiger partial charge in [-0.2, -0.15) is 0 Å². The van der Waals surface area contributed by atoms with Gasteiger partial charge in [-0.15, -0.1) is 0 Å². The minimum absolute atomic E-state index is 0.340. The number of carbonyl (C=O) groups excluding carboxylic acids is 1. The summed E-state index contributed by atoms with van der Waals surface area (Å²) in [6.45, 7) is 0.353. The van der Waals surface area contributed by atoms with E-state index in [1.807, 2.05) is 30.5 Å². The van der Waals surface area contributed by atoms with Gasteiger partial charge in [0.15, 0.2) is 0 Å². The molecule has 0 aliphatic heterocycles. The minimum Gasteiger partial charge on any atom is -0.495 e. The molecule has 7 heteroatoms. The van der Waals surface area contributed by atoms with Crippen LogP contribution in [0.3, 0.4) is 0 Å². The molecule has 0 fully saturated rings. The Morgan fingerprint density at radius 3 is 2.70 bits per heavy atom. The summed E-state index contributed by atoms with van der Waals surface area (Å²) in [4.78, 5) is 15.5. The Bertz CT molecular complexity index is 956. The first-order chi connectivity index (χ1) is 13.0. The molecule has 0 bridgehead atoms. The van der Waals surface area contributed by atoms with Crippen molar-refractivity contribution in [2.24, 2.45) is 0 Å². The van der Waals surface area contributed by atoms with Crippen molar-refractivity contribution in [3.8, 4) is 5.75 Å². The van der Waals surface area contributed by atoms with E-state index in [-0.39, 0.29) is 5.97 Å². The summed E-state index contributed by atoms with van der Waals surface area (Å²) in [5.74, 6) is 0.191. The number of H-pyrrole nitrogens is 1. The Morgan fingerprint density at radius 2 is 1.96 bits per heavy atom. The van der Waals surface area contributed by atoms with Crippen molar-refractivity contribution in [3.05, 3.63) is 63.8 Å². The first kappa shape index (κ1) is 19.5. The number of halogens is 2. The number of methoxy groups -OCH3 is 2. The maximum atomic E-state index is 12.3. The molecule has 2 aromatic carbocycles. The molecule has 3 aromatic rings. The highest BCUT2D eigenvalue weighted by Crippen LogP contribution is 2.32. The lowest BCUT2D eigenvalue weighted by Crippen LogP contribution is -2.39. The average Bonchev–Trinajstić information content (AvgIpc) is 3.07. The number of para-hydroxylation sites is 1. The molecule has 0 spiro atoms. The molecule has 142 valence electrons. The lowest BCUT2D eigenvalue weighted by molar-refractivity contribution is -0.143. The highest BCUT2D eigenvalue weighted by molar-refractivity contribution is 6.35. The second-order valence-corrected chi connectivity index (χ2v) is 6.94. The van der Waals surface area contributed by atoms with E-state index in [2.05, 4.69) is 10.3 Å². The van der Waals surface area contributed by atoms with E-state index < -0.39 is 6.04 Å². The van der Waals surface area contributed by atoms with Gasteiger partial charge in [0.05, 0.1) is 19.2 Å². The van der Waals surface area contributed by atoms with Crippen molar-refractivity contribution in [3.63, 3.8) is 0 Å². The fourth-order valence-electron chi connectivity index (χ4n) is 3.11. The highest BCUT2D eigenvalue weighted by atomic mass is 35.5. The second-order valence-electron chi connectivity index (χ2n) is 6.10. The van der Waals surface area contributed by atoms with Crippen LogP contribution in [0.25, 0.3) is 10.9 Å². The number of aromatic amines is 1. The number of esters is 1. The zero-order valence-electron chi connectivity index (χ0n) is 15.0. The number of nitrogens with one attached hydrogen (secondary N) is 2. The number of aromatic nitrogens is 1. The van der Waals surface area contributed by atoms with Gasteiger partial charge in [0.1, 0.15) is 11.8 Å². The lowest BCUT2D eigenvalue weighted by atomic mass is 10.0. The minimum atomic E-state index is -0.531. The molecule has 5 nitrogen and oxygen atoms in total. The molecule has 3 rings (SSSR count). The SMILES string of the molecule is COC(=O)[C@@H](Cc1c[nH]c2ccccc12)NCc1cc(Cl)cc(Cl)c1OC. The first-order valence-electron chi connectivity index (χ1n) is 8.41. The summed E-state index contributed by atoms with van der Waals surface area (Å²) in [5.41, 5.74) is 2.83. The highest BCUT2D eigenvalue weighted by Gasteiger charge is 2.22. The van der Waals surface area contributed by atoms with E-state index in [0.29, 0.717) is 28.8 Å². The Balaban J connectivity index is 1.81. The molecule has 0 saturated heterocycles. The van der Waals surface area contributed by atoms with Crippen molar-refractivity contribution in [1.82, 2.24) is 10.3 Å². The molecule has 1 atom stereocenters. The van der Waals surface area contributed by atoms with Gasteiger partial charge in [-0.1, -0.05) is 41.4 Å². The molecule has 0 unspecified atom stereocenters. The van der Waals surface area contributed by atoms with E-state index >= 15 is 0 Å². The second kappa shape index (κ2) is 8.65. The van der Waals surface area contributed by atoms with Gasteiger partial charge in [-0.25, -0.2) is 0 Å². The van der Waals surface area contributed by atoms with Crippen LogP contribution in [0, 0.1) is 0 Å². The van der Waals surface area contributed by atoms with Crippen molar-refractivity contribution in [2.45, 2.75) is 19.0 Å². The smallest absolute Gasteiger partial charge is 0.323 e. The van der Waals surface area contributed by atoms with Crippen LogP contribution < -0.4 is 10.1 Å². The Kier molecular flexibility index (Phi) is 6.26. The maximum Gasteiger partial charge on any atom is 0.323 e. The van der Waals surface area contributed by atoms with Crippen LogP contribution in [0.2, 0.25) is 10.0 Å². The summed E-state index contributed by atoms with van der Waals surface area (Å²) in [7, 11) is 2.92. The van der Waals surface area contributed by atoms with Crippen LogP contribution in [0.5, 0.6) is 5.75 Å². The molecule has 0 aliphatic rings. The van der Waals surface area contributed by atoms with Gasteiger partial charge in [-0.05, 0) is 23.8 Å². The Hall–Kier alpha value is -2.21. The number of hydrogen-bond donors (Lipinski definition) is 2. The molecular weight excluding hydrogens is 387 g/mol. The van der Waals surface area contributed by atoms with Gasteiger partial charge in [0.2, 0.25) is 0 Å². The first-order valence-corrected chi connectivity index (χ1v) is 9.17. The van der Waals surface area contributed by atoms with Gasteiger partial charge in [-0.3, -0.25) is 10.1 Å². The molecule has 2 N–H and O–H groups in total. The number of ether oxygens (including phenoxy) is 2. The summed E-state index contributed by atoms with van der Waals surface area (Å²) >= 11 is 12.3. The molecule has 0 saturated carbocycles. The van der Waals surface area contributed by atoms with E-state index in [9.17, 15) is 4.79 Å². The van der Waals surface area contributed by atoms with E-state index in [1.165, 1.54) is 7.11 Å². The third-order valence-corrected chi connectivity index (χ3v) is 4.91. The normalized spacial score (nSPS) is 12.1. The van der Waals surface area contributed by atoms with Gasteiger partial charge >= 0.3 is 5.97 Å². The largest absolute Gasteiger partial charge is 0.495 e. The van der Waals surface area contributed by atoms with Gasteiger partial charge < -0.3 is 14.5 Å². The summed E-state index contributed by atoms with van der Waals surface area (Å²) in [6.07, 6.45) is 2.40. The lowest BCUT2D eigenvalue weighted by Gasteiger charge is -2.18. The summed E-state index contributed by atoms with van der Waals surface area (Å²) in [5, 5.41) is 5.24. The number of benzene rings is 2. The molecule has 0 amide bonds. The predicted octanol–water partition coefficient (Wildman–Crippen LogP) is 4.36. The van der Waals surface area contributed by atoms with Crippen molar-refractivity contribution >= 4 is 40.1 Å². The fraction of sp³-hybridized carbons (Fsp3) is 0.250. The zero-order valence-corrected chi connectivity index (χ0v) is 16.5. The summed E-state index contributed by atoms with van der Waals surface area (Å²) in [6, 6.07) is 10.8. The average molecular weight is 407 g/mol. The number of rotatable bonds is 7. The van der Waals surface area contributed by atoms with Crippen molar-refractivity contribution in [1.29, 1.82) is 0 Å². The Labute approximate surface area is 167 Å². The maximum absolute atomic E-state index is 12.3. The molecule has 0 radical (unpaired) electrons. The Morgan fingerprint density at radius 1 is 1.19 bits per heavy atom. The molecular formula is C20H20Cl2N2O3. The van der Waals surface area contributed by atoms with E-state index in [1.54, 1.807) is 19.2 Å². The van der Waals surface area contributed by atoms with Crippen LogP contribution >= 0.6 is 23.2 Å². The van der Waals surface area contributed by atoms with E-state index in [0.717, 1.165) is 22.0 Å². The van der Waals surface area contributed by atoms with Crippen LogP contribution in [0.1, 0.15) is 11.1 Å². The van der Waals surface area contributed by atoms with Crippen molar-refractivity contribution < 1.29 is 14.3 Å². The molecule has 1 heterocycles. The topological polar surface area (TPSA) is 63.4 Å².